The highest BCUT2D eigenvalue weighted by Crippen LogP contribution is 2.89. The van der Waals surface area contributed by atoms with Gasteiger partial charge in [-0.1, -0.05) is 34.6 Å². The molecule has 7 aliphatic rings. The molecule has 0 aromatic heterocycles. The van der Waals surface area contributed by atoms with Crippen molar-refractivity contribution in [2.24, 2.45) is 50.7 Å². The summed E-state index contributed by atoms with van der Waals surface area (Å²) in [6.45, 7) is 18.1. The third kappa shape index (κ3) is 4.69. The van der Waals surface area contributed by atoms with Gasteiger partial charge in [0.05, 0.1) is 43.6 Å². The number of amides is 1. The Bertz CT molecular complexity index is 1200. The highest BCUT2D eigenvalue weighted by molar-refractivity contribution is 5.78. The number of fused-ring (bicyclic) bond motifs is 4. The molecule has 0 aromatic carbocycles. The molecular formula is C38H64N2O6. The van der Waals surface area contributed by atoms with Gasteiger partial charge < -0.3 is 34.2 Å². The Balaban J connectivity index is 1.08. The fraction of sp³-hybridized carbons (Fsp3) is 0.974. The van der Waals surface area contributed by atoms with E-state index in [9.17, 15) is 15.0 Å². The standard InChI is InChI=1S/C38H64N2O6/c1-23-18-24(32(42)34(4,5)43)45-25-19-36(7)27-11-10-26-33(2,3)28(46-30-21-40(16-17-44-30)29(41)20-39(8)9)12-13-37(26)22-38(27,37)15-14-35(36,6)31(23)25/h23-28,30-32,42-43H,10-22H2,1-9H3/t23-,24?,25?,26?,27+,28+,30?,31?,32+,35-,36+,37-,38+/m1/s1. The molecule has 262 valence electrons. The molecule has 7 rings (SSSR count). The van der Waals surface area contributed by atoms with Crippen molar-refractivity contribution in [1.82, 2.24) is 9.80 Å². The molecule has 5 unspecified atom stereocenters. The molecule has 1 amide bonds. The molecule has 0 bridgehead atoms. The molecule has 2 heterocycles. The van der Waals surface area contributed by atoms with E-state index in [1.54, 1.807) is 13.8 Å². The van der Waals surface area contributed by atoms with Gasteiger partial charge in [0.15, 0.2) is 6.29 Å². The zero-order valence-electron chi connectivity index (χ0n) is 30.3. The number of aliphatic hydroxyl groups is 2. The minimum absolute atomic E-state index is 0.0510. The number of likely N-dealkylation sites (N-methyl/N-ethyl adjacent to an activating group) is 1. The van der Waals surface area contributed by atoms with Gasteiger partial charge >= 0.3 is 0 Å². The van der Waals surface area contributed by atoms with Crippen molar-refractivity contribution in [3.8, 4) is 0 Å². The molecule has 8 nitrogen and oxygen atoms in total. The Morgan fingerprint density at radius 3 is 2.43 bits per heavy atom. The summed E-state index contributed by atoms with van der Waals surface area (Å²) in [7, 11) is 3.88. The van der Waals surface area contributed by atoms with Crippen molar-refractivity contribution >= 4 is 5.91 Å². The second kappa shape index (κ2) is 10.9. The normalized spacial score (nSPS) is 50.1. The second-order valence-corrected chi connectivity index (χ2v) is 19.1. The van der Waals surface area contributed by atoms with E-state index in [1.807, 2.05) is 23.9 Å². The van der Waals surface area contributed by atoms with Crippen LogP contribution >= 0.6 is 0 Å². The first-order valence-electron chi connectivity index (χ1n) is 18.7. The van der Waals surface area contributed by atoms with Gasteiger partial charge in [0.1, 0.15) is 6.10 Å². The van der Waals surface area contributed by atoms with Crippen LogP contribution in [0.25, 0.3) is 0 Å². The molecule has 2 spiro atoms. The average molecular weight is 645 g/mol. The first-order chi connectivity index (χ1) is 21.4. The van der Waals surface area contributed by atoms with Gasteiger partial charge in [-0.05, 0) is 136 Å². The van der Waals surface area contributed by atoms with E-state index in [2.05, 4.69) is 34.6 Å². The maximum absolute atomic E-state index is 12.8. The molecule has 8 heteroatoms. The van der Waals surface area contributed by atoms with Gasteiger partial charge in [0, 0.05) is 6.54 Å². The zero-order chi connectivity index (χ0) is 33.2. The van der Waals surface area contributed by atoms with Crippen LogP contribution in [0.4, 0.5) is 0 Å². The van der Waals surface area contributed by atoms with Gasteiger partial charge in [-0.3, -0.25) is 4.79 Å². The van der Waals surface area contributed by atoms with Crippen molar-refractivity contribution < 1.29 is 29.2 Å². The number of hydrogen-bond acceptors (Lipinski definition) is 7. The molecule has 46 heavy (non-hydrogen) atoms. The third-order valence-corrected chi connectivity index (χ3v) is 15.9. The maximum atomic E-state index is 12.8. The quantitative estimate of drug-likeness (QED) is 0.416. The summed E-state index contributed by atoms with van der Waals surface area (Å²) >= 11 is 0. The lowest BCUT2D eigenvalue weighted by Crippen LogP contribution is -2.59. The van der Waals surface area contributed by atoms with E-state index < -0.39 is 11.7 Å². The van der Waals surface area contributed by atoms with Crippen molar-refractivity contribution in [2.75, 3.05) is 40.3 Å². The number of carbonyl (C=O) groups is 1. The van der Waals surface area contributed by atoms with Gasteiger partial charge in [-0.25, -0.2) is 0 Å². The molecule has 2 N–H and O–H groups in total. The smallest absolute Gasteiger partial charge is 0.236 e. The summed E-state index contributed by atoms with van der Waals surface area (Å²) in [4.78, 5) is 16.7. The van der Waals surface area contributed by atoms with Crippen LogP contribution in [0.15, 0.2) is 0 Å². The summed E-state index contributed by atoms with van der Waals surface area (Å²) < 4.78 is 19.8. The first kappa shape index (κ1) is 33.7. The topological polar surface area (TPSA) is 91.7 Å². The summed E-state index contributed by atoms with van der Waals surface area (Å²) in [6.07, 6.45) is 9.51. The van der Waals surface area contributed by atoms with E-state index in [4.69, 9.17) is 14.2 Å². The van der Waals surface area contributed by atoms with Crippen molar-refractivity contribution in [2.45, 2.75) is 143 Å². The number of aliphatic hydroxyl groups excluding tert-OH is 1. The zero-order valence-corrected chi connectivity index (χ0v) is 30.3. The van der Waals surface area contributed by atoms with Crippen LogP contribution in [0.1, 0.15) is 106 Å². The van der Waals surface area contributed by atoms with E-state index in [0.29, 0.717) is 60.7 Å². The average Bonchev–Trinajstić information content (AvgIpc) is 3.56. The van der Waals surface area contributed by atoms with Crippen LogP contribution in [0, 0.1) is 50.7 Å². The third-order valence-electron chi connectivity index (χ3n) is 15.9. The first-order valence-corrected chi connectivity index (χ1v) is 18.7. The lowest BCUT2D eigenvalue weighted by molar-refractivity contribution is -0.246. The molecule has 2 aliphatic heterocycles. The number of carbonyl (C=O) groups excluding carboxylic acids is 1. The Morgan fingerprint density at radius 2 is 1.74 bits per heavy atom. The minimum Gasteiger partial charge on any atom is -0.388 e. The largest absolute Gasteiger partial charge is 0.388 e. The van der Waals surface area contributed by atoms with Crippen LogP contribution in [-0.2, 0) is 19.0 Å². The minimum atomic E-state index is -1.17. The van der Waals surface area contributed by atoms with Crippen LogP contribution in [0.3, 0.4) is 0 Å². The number of morpholine rings is 1. The van der Waals surface area contributed by atoms with Crippen LogP contribution in [0.2, 0.25) is 0 Å². The highest BCUT2D eigenvalue weighted by atomic mass is 16.7. The van der Waals surface area contributed by atoms with Crippen molar-refractivity contribution in [1.29, 1.82) is 0 Å². The fourth-order valence-corrected chi connectivity index (χ4v) is 13.7. The molecule has 2 saturated heterocycles. The second-order valence-electron chi connectivity index (χ2n) is 19.1. The van der Waals surface area contributed by atoms with Crippen molar-refractivity contribution in [3.63, 3.8) is 0 Å². The molecule has 5 saturated carbocycles. The van der Waals surface area contributed by atoms with E-state index >= 15 is 0 Å². The van der Waals surface area contributed by atoms with Gasteiger partial charge in [-0.15, -0.1) is 0 Å². The molecule has 7 fully saturated rings. The van der Waals surface area contributed by atoms with E-state index in [1.165, 1.54) is 38.5 Å². The van der Waals surface area contributed by atoms with Gasteiger partial charge in [0.25, 0.3) is 0 Å². The lowest BCUT2D eigenvalue weighted by Gasteiger charge is -2.63. The van der Waals surface area contributed by atoms with Crippen LogP contribution in [-0.4, -0.2) is 103 Å². The summed E-state index contributed by atoms with van der Waals surface area (Å²) in [5.41, 5.74) is 0.165. The number of ether oxygens (including phenoxy) is 3. The fourth-order valence-electron chi connectivity index (χ4n) is 13.7. The predicted octanol–water partition coefficient (Wildman–Crippen LogP) is 5.09. The molecule has 0 radical (unpaired) electrons. The maximum Gasteiger partial charge on any atom is 0.236 e. The predicted molar refractivity (Wildman–Crippen MR) is 177 cm³/mol. The van der Waals surface area contributed by atoms with E-state index in [0.717, 1.165) is 19.3 Å². The Morgan fingerprint density at radius 1 is 1.04 bits per heavy atom. The van der Waals surface area contributed by atoms with Crippen LogP contribution in [0.5, 0.6) is 0 Å². The number of rotatable bonds is 6. The molecule has 13 atom stereocenters. The van der Waals surface area contributed by atoms with Gasteiger partial charge in [0.2, 0.25) is 5.91 Å². The molecule has 0 aromatic rings. The SMILES string of the molecule is C[C@@H]1CC([C@H](O)C(C)(C)O)OC2C[C@@]3(C)[C@@H]4CCC5C(C)(C)[C@@H](OC6CN(C(=O)CN(C)C)CCO6)CC[C@@]56C[C@@]46CC[C@]3(C)C21. The summed E-state index contributed by atoms with van der Waals surface area (Å²) in [5.74, 6) is 2.47. The Labute approximate surface area is 278 Å². The Kier molecular flexibility index (Phi) is 7.96. The summed E-state index contributed by atoms with van der Waals surface area (Å²) in [6, 6.07) is 0. The van der Waals surface area contributed by atoms with Crippen molar-refractivity contribution in [3.05, 3.63) is 0 Å². The summed E-state index contributed by atoms with van der Waals surface area (Å²) in [5, 5.41) is 21.7. The number of hydrogen-bond donors (Lipinski definition) is 2. The lowest BCUT2D eigenvalue weighted by atomic mass is 9.41. The molecular weight excluding hydrogens is 580 g/mol. The number of nitrogens with zero attached hydrogens (tertiary/aromatic N) is 2. The van der Waals surface area contributed by atoms with Gasteiger partial charge in [-0.2, -0.15) is 0 Å². The Hall–Kier alpha value is -0.770. The van der Waals surface area contributed by atoms with E-state index in [-0.39, 0.29) is 46.8 Å². The highest BCUT2D eigenvalue weighted by Gasteiger charge is 2.83. The van der Waals surface area contributed by atoms with Crippen LogP contribution < -0.4 is 0 Å². The monoisotopic (exact) mass is 644 g/mol. The molecule has 5 aliphatic carbocycles.